The van der Waals surface area contributed by atoms with Crippen LogP contribution in [-0.2, 0) is 0 Å². The fraction of sp³-hybridized carbons (Fsp3) is 0.200. The molecule has 3 aromatic rings. The van der Waals surface area contributed by atoms with Crippen molar-refractivity contribution in [3.05, 3.63) is 74.1 Å². The monoisotopic (exact) mass is 385 g/mol. The molecule has 2 N–H and O–H groups in total. The standard InChI is InChI=1S/C20H16ClNO5/c1-10-7-15-13(9-14(10)21)18(25)16-17(11-3-2-4-12(24)8-11)22(5-6-23)20(26)19(16)27-15/h2-4,7-9,17,23-24H,5-6H2,1H3/t17-/m1/s1. The highest BCUT2D eigenvalue weighted by Crippen LogP contribution is 2.39. The Morgan fingerprint density at radius 1 is 1.22 bits per heavy atom. The molecule has 1 aromatic heterocycles. The first-order valence-electron chi connectivity index (χ1n) is 8.40. The van der Waals surface area contributed by atoms with Crippen LogP contribution in [0.15, 0.2) is 45.6 Å². The molecule has 138 valence electrons. The van der Waals surface area contributed by atoms with E-state index in [1.807, 2.05) is 0 Å². The van der Waals surface area contributed by atoms with Crippen LogP contribution < -0.4 is 5.43 Å². The predicted molar refractivity (Wildman–Crippen MR) is 100 cm³/mol. The van der Waals surface area contributed by atoms with Crippen molar-refractivity contribution in [1.29, 1.82) is 0 Å². The number of hydrogen-bond donors (Lipinski definition) is 2. The largest absolute Gasteiger partial charge is 0.508 e. The maximum Gasteiger partial charge on any atom is 0.290 e. The van der Waals surface area contributed by atoms with Gasteiger partial charge in [0.25, 0.3) is 5.91 Å². The van der Waals surface area contributed by atoms with Crippen molar-refractivity contribution in [1.82, 2.24) is 4.90 Å². The fourth-order valence-corrected chi connectivity index (χ4v) is 3.68. The second-order valence-corrected chi connectivity index (χ2v) is 6.90. The Bertz CT molecular complexity index is 1140. The summed E-state index contributed by atoms with van der Waals surface area (Å²) in [4.78, 5) is 27.5. The minimum atomic E-state index is -0.757. The second-order valence-electron chi connectivity index (χ2n) is 6.49. The van der Waals surface area contributed by atoms with Gasteiger partial charge < -0.3 is 19.5 Å². The number of aliphatic hydroxyl groups excluding tert-OH is 1. The molecule has 1 aliphatic heterocycles. The summed E-state index contributed by atoms with van der Waals surface area (Å²) in [5, 5.41) is 20.0. The van der Waals surface area contributed by atoms with E-state index in [0.29, 0.717) is 10.6 Å². The van der Waals surface area contributed by atoms with Crippen LogP contribution in [0.3, 0.4) is 0 Å². The van der Waals surface area contributed by atoms with Crippen molar-refractivity contribution in [2.45, 2.75) is 13.0 Å². The average molecular weight is 386 g/mol. The Balaban J connectivity index is 2.04. The van der Waals surface area contributed by atoms with Crippen molar-refractivity contribution in [2.24, 2.45) is 0 Å². The fourth-order valence-electron chi connectivity index (χ4n) is 3.52. The number of fused-ring (bicyclic) bond motifs is 2. The highest BCUT2D eigenvalue weighted by molar-refractivity contribution is 6.32. The Kier molecular flexibility index (Phi) is 4.17. The molecular weight excluding hydrogens is 370 g/mol. The van der Waals surface area contributed by atoms with E-state index in [9.17, 15) is 19.8 Å². The van der Waals surface area contributed by atoms with Crippen LogP contribution in [0.1, 0.15) is 33.3 Å². The molecule has 1 amide bonds. The summed E-state index contributed by atoms with van der Waals surface area (Å²) in [6, 6.07) is 8.75. The zero-order chi connectivity index (χ0) is 19.3. The van der Waals surface area contributed by atoms with Crippen molar-refractivity contribution >= 4 is 28.5 Å². The van der Waals surface area contributed by atoms with E-state index < -0.39 is 11.9 Å². The Morgan fingerprint density at radius 3 is 2.70 bits per heavy atom. The highest BCUT2D eigenvalue weighted by atomic mass is 35.5. The lowest BCUT2D eigenvalue weighted by molar-refractivity contribution is 0.0691. The molecule has 0 unspecified atom stereocenters. The van der Waals surface area contributed by atoms with Crippen LogP contribution >= 0.6 is 11.6 Å². The first-order chi connectivity index (χ1) is 12.9. The van der Waals surface area contributed by atoms with Gasteiger partial charge in [-0.15, -0.1) is 0 Å². The van der Waals surface area contributed by atoms with E-state index in [0.717, 1.165) is 5.56 Å². The summed E-state index contributed by atoms with van der Waals surface area (Å²) in [6.45, 7) is 1.54. The van der Waals surface area contributed by atoms with Gasteiger partial charge in [0, 0.05) is 11.6 Å². The van der Waals surface area contributed by atoms with Crippen LogP contribution in [0.4, 0.5) is 0 Å². The summed E-state index contributed by atoms with van der Waals surface area (Å²) >= 11 is 6.17. The molecule has 2 aromatic carbocycles. The SMILES string of the molecule is Cc1cc2oc3c(c(=O)c2cc1Cl)[C@@H](c1cccc(O)c1)N(CCO)C3=O. The number of benzene rings is 2. The lowest BCUT2D eigenvalue weighted by Gasteiger charge is -2.24. The topological polar surface area (TPSA) is 91.0 Å². The van der Waals surface area contributed by atoms with Gasteiger partial charge in [-0.2, -0.15) is 0 Å². The van der Waals surface area contributed by atoms with Gasteiger partial charge in [-0.25, -0.2) is 0 Å². The summed E-state index contributed by atoms with van der Waals surface area (Å²) in [5.74, 6) is -0.504. The number of β-amino-alcohol motifs (C(OH)–C–C–N with tert-alkyl or cyclic N) is 1. The van der Waals surface area contributed by atoms with Crippen LogP contribution in [-0.4, -0.2) is 34.2 Å². The van der Waals surface area contributed by atoms with E-state index in [1.165, 1.54) is 23.1 Å². The molecule has 2 heterocycles. The molecule has 7 heteroatoms. The highest BCUT2D eigenvalue weighted by Gasteiger charge is 2.42. The molecule has 0 aliphatic carbocycles. The molecule has 0 spiro atoms. The molecular formula is C20H16ClNO5. The second kappa shape index (κ2) is 6.40. The van der Waals surface area contributed by atoms with Gasteiger partial charge in [0.1, 0.15) is 11.3 Å². The lowest BCUT2D eigenvalue weighted by atomic mass is 9.98. The van der Waals surface area contributed by atoms with Gasteiger partial charge in [0.2, 0.25) is 5.76 Å². The number of hydrogen-bond acceptors (Lipinski definition) is 5. The molecule has 0 bridgehead atoms. The zero-order valence-electron chi connectivity index (χ0n) is 14.4. The number of nitrogens with zero attached hydrogens (tertiary/aromatic N) is 1. The number of phenolic OH excluding ortho intramolecular Hbond substituents is 1. The third kappa shape index (κ3) is 2.69. The number of aliphatic hydroxyl groups is 1. The van der Waals surface area contributed by atoms with Gasteiger partial charge in [-0.05, 0) is 42.3 Å². The Labute approximate surface area is 159 Å². The number of halogens is 1. The Hall–Kier alpha value is -2.83. The summed E-state index contributed by atoms with van der Waals surface area (Å²) < 4.78 is 5.80. The number of carbonyl (C=O) groups is 1. The van der Waals surface area contributed by atoms with Crippen LogP contribution in [0.2, 0.25) is 5.02 Å². The molecule has 0 radical (unpaired) electrons. The molecule has 1 atom stereocenters. The van der Waals surface area contributed by atoms with Gasteiger partial charge in [-0.3, -0.25) is 9.59 Å². The summed E-state index contributed by atoms with van der Waals surface area (Å²) in [5.41, 5.74) is 1.41. The lowest BCUT2D eigenvalue weighted by Crippen LogP contribution is -2.32. The van der Waals surface area contributed by atoms with E-state index >= 15 is 0 Å². The molecule has 27 heavy (non-hydrogen) atoms. The molecule has 6 nitrogen and oxygen atoms in total. The van der Waals surface area contributed by atoms with Crippen molar-refractivity contribution in [3.63, 3.8) is 0 Å². The maximum atomic E-state index is 13.2. The number of rotatable bonds is 3. The third-order valence-electron chi connectivity index (χ3n) is 4.77. The Morgan fingerprint density at radius 2 is 2.00 bits per heavy atom. The van der Waals surface area contributed by atoms with E-state index in [2.05, 4.69) is 0 Å². The molecule has 0 saturated heterocycles. The van der Waals surface area contributed by atoms with Gasteiger partial charge >= 0.3 is 0 Å². The summed E-state index contributed by atoms with van der Waals surface area (Å²) in [6.07, 6.45) is 0. The predicted octanol–water partition coefficient (Wildman–Crippen LogP) is 3.00. The smallest absolute Gasteiger partial charge is 0.290 e. The average Bonchev–Trinajstić information content (AvgIpc) is 2.90. The molecule has 0 fully saturated rings. The van der Waals surface area contributed by atoms with Gasteiger partial charge in [0.15, 0.2) is 5.43 Å². The van der Waals surface area contributed by atoms with E-state index in [4.69, 9.17) is 16.0 Å². The number of carbonyl (C=O) groups excluding carboxylic acids is 1. The number of aromatic hydroxyl groups is 1. The minimum Gasteiger partial charge on any atom is -0.508 e. The van der Waals surface area contributed by atoms with Crippen molar-refractivity contribution in [2.75, 3.05) is 13.2 Å². The summed E-state index contributed by atoms with van der Waals surface area (Å²) in [7, 11) is 0. The van der Waals surface area contributed by atoms with Crippen LogP contribution in [0.25, 0.3) is 11.0 Å². The van der Waals surface area contributed by atoms with Gasteiger partial charge in [-0.1, -0.05) is 23.7 Å². The third-order valence-corrected chi connectivity index (χ3v) is 5.18. The van der Waals surface area contributed by atoms with Crippen LogP contribution in [0.5, 0.6) is 5.75 Å². The molecule has 1 aliphatic rings. The first kappa shape index (κ1) is 17.6. The van der Waals surface area contributed by atoms with Gasteiger partial charge in [0.05, 0.1) is 23.6 Å². The normalized spacial score (nSPS) is 16.2. The number of phenols is 1. The molecule has 4 rings (SSSR count). The quantitative estimate of drug-likeness (QED) is 0.723. The maximum absolute atomic E-state index is 13.2. The van der Waals surface area contributed by atoms with Crippen LogP contribution in [0, 0.1) is 6.92 Å². The minimum absolute atomic E-state index is 0.0150. The number of aryl methyl sites for hydroxylation is 1. The molecule has 0 saturated carbocycles. The van der Waals surface area contributed by atoms with Crippen molar-refractivity contribution in [3.8, 4) is 5.75 Å². The van der Waals surface area contributed by atoms with E-state index in [1.54, 1.807) is 25.1 Å². The first-order valence-corrected chi connectivity index (χ1v) is 8.77. The van der Waals surface area contributed by atoms with E-state index in [-0.39, 0.29) is 46.6 Å². The van der Waals surface area contributed by atoms with Crippen molar-refractivity contribution < 1.29 is 19.4 Å². The zero-order valence-corrected chi connectivity index (χ0v) is 15.2. The number of amides is 1.